The normalized spacial score (nSPS) is 12.6. The number of hydrogen-bond acceptors (Lipinski definition) is 6. The van der Waals surface area contributed by atoms with E-state index in [1.165, 1.54) is 141 Å². The lowest BCUT2D eigenvalue weighted by molar-refractivity contribution is -0.166. The molecule has 6 heteroatoms. The fourth-order valence-corrected chi connectivity index (χ4v) is 7.55. The minimum Gasteiger partial charge on any atom is -0.462 e. The molecular formula is C59H102O6. The molecule has 0 bridgehead atoms. The van der Waals surface area contributed by atoms with Crippen LogP contribution in [0.25, 0.3) is 0 Å². The Morgan fingerprint density at radius 2 is 0.646 bits per heavy atom. The van der Waals surface area contributed by atoms with Gasteiger partial charge in [0.1, 0.15) is 13.2 Å². The zero-order valence-corrected chi connectivity index (χ0v) is 42.7. The van der Waals surface area contributed by atoms with Gasteiger partial charge in [-0.3, -0.25) is 14.4 Å². The third-order valence-corrected chi connectivity index (χ3v) is 11.7. The van der Waals surface area contributed by atoms with E-state index < -0.39 is 12.1 Å². The van der Waals surface area contributed by atoms with Crippen molar-refractivity contribution in [2.75, 3.05) is 13.2 Å². The molecule has 65 heavy (non-hydrogen) atoms. The first-order valence-corrected chi connectivity index (χ1v) is 27.4. The van der Waals surface area contributed by atoms with Crippen molar-refractivity contribution in [1.29, 1.82) is 0 Å². The number of hydrogen-bond donors (Lipinski definition) is 0. The van der Waals surface area contributed by atoms with Crippen LogP contribution in [0.4, 0.5) is 0 Å². The summed E-state index contributed by atoms with van der Waals surface area (Å²) < 4.78 is 16.7. The van der Waals surface area contributed by atoms with Crippen LogP contribution in [0.3, 0.4) is 0 Å². The van der Waals surface area contributed by atoms with Gasteiger partial charge in [-0.25, -0.2) is 0 Å². The van der Waals surface area contributed by atoms with Gasteiger partial charge in [0, 0.05) is 19.3 Å². The van der Waals surface area contributed by atoms with Crippen molar-refractivity contribution >= 4 is 17.9 Å². The second-order valence-electron chi connectivity index (χ2n) is 18.1. The summed E-state index contributed by atoms with van der Waals surface area (Å²) in [5, 5.41) is 0. The van der Waals surface area contributed by atoms with Crippen LogP contribution in [-0.2, 0) is 28.6 Å². The first kappa shape index (κ1) is 61.9. The van der Waals surface area contributed by atoms with Crippen molar-refractivity contribution in [2.45, 2.75) is 271 Å². The van der Waals surface area contributed by atoms with Gasteiger partial charge in [0.2, 0.25) is 0 Å². The van der Waals surface area contributed by atoms with Crippen LogP contribution < -0.4 is 0 Å². The molecule has 0 N–H and O–H groups in total. The Labute approximate surface area is 402 Å². The van der Waals surface area contributed by atoms with E-state index >= 15 is 0 Å². The smallest absolute Gasteiger partial charge is 0.306 e. The predicted molar refractivity (Wildman–Crippen MR) is 279 cm³/mol. The lowest BCUT2D eigenvalue weighted by atomic mass is 10.0. The molecule has 0 saturated carbocycles. The van der Waals surface area contributed by atoms with Gasteiger partial charge in [0.15, 0.2) is 6.10 Å². The van der Waals surface area contributed by atoms with Crippen LogP contribution >= 0.6 is 0 Å². The zero-order valence-electron chi connectivity index (χ0n) is 42.7. The maximum atomic E-state index is 12.7. The summed E-state index contributed by atoms with van der Waals surface area (Å²) in [7, 11) is 0. The first-order chi connectivity index (χ1) is 32.0. The molecule has 0 saturated heterocycles. The lowest BCUT2D eigenvalue weighted by Crippen LogP contribution is -2.30. The summed E-state index contributed by atoms with van der Waals surface area (Å²) in [6, 6.07) is 0. The average Bonchev–Trinajstić information content (AvgIpc) is 3.30. The molecular weight excluding hydrogens is 805 g/mol. The molecule has 1 unspecified atom stereocenters. The van der Waals surface area contributed by atoms with E-state index in [4.69, 9.17) is 14.2 Å². The van der Waals surface area contributed by atoms with Crippen molar-refractivity contribution in [1.82, 2.24) is 0 Å². The Hall–Kier alpha value is -3.15. The van der Waals surface area contributed by atoms with Crippen LogP contribution in [0.15, 0.2) is 72.9 Å². The number of allylic oxidation sites excluding steroid dienone is 12. The second kappa shape index (κ2) is 53.5. The maximum Gasteiger partial charge on any atom is 0.306 e. The SMILES string of the molecule is CC/C=C\C/C=C\C/C=C\C/C=C\CCC(=O)OC(COC(=O)CCCCCCC/C=C\CCCC)COC(=O)CCCCCCCCCCCCC/C=C\CCCCCCCCCC. The molecule has 1 atom stereocenters. The number of esters is 3. The van der Waals surface area contributed by atoms with Crippen molar-refractivity contribution < 1.29 is 28.6 Å². The Morgan fingerprint density at radius 3 is 1.05 bits per heavy atom. The van der Waals surface area contributed by atoms with Gasteiger partial charge in [-0.15, -0.1) is 0 Å². The molecule has 0 amide bonds. The molecule has 0 rings (SSSR count). The quantitative estimate of drug-likeness (QED) is 0.0262. The third-order valence-electron chi connectivity index (χ3n) is 11.7. The number of rotatable bonds is 49. The second-order valence-corrected chi connectivity index (χ2v) is 18.1. The molecule has 0 aromatic heterocycles. The maximum absolute atomic E-state index is 12.7. The number of carbonyl (C=O) groups is 3. The van der Waals surface area contributed by atoms with Crippen LogP contribution in [0.2, 0.25) is 0 Å². The van der Waals surface area contributed by atoms with E-state index in [-0.39, 0.29) is 31.6 Å². The third kappa shape index (κ3) is 51.7. The minimum atomic E-state index is -0.815. The molecule has 0 aromatic rings. The van der Waals surface area contributed by atoms with Crippen LogP contribution in [-0.4, -0.2) is 37.2 Å². The molecule has 0 radical (unpaired) electrons. The summed E-state index contributed by atoms with van der Waals surface area (Å²) in [6.45, 7) is 6.42. The largest absolute Gasteiger partial charge is 0.462 e. The average molecular weight is 907 g/mol. The molecule has 0 heterocycles. The van der Waals surface area contributed by atoms with Crippen molar-refractivity contribution in [3.05, 3.63) is 72.9 Å². The first-order valence-electron chi connectivity index (χ1n) is 27.4. The summed E-state index contributed by atoms with van der Waals surface area (Å²) in [6.07, 6.45) is 67.8. The standard InChI is InChI=1S/C59H102O6/c1-4-7-10-13-16-19-22-24-25-26-27-28-29-30-31-32-33-35-37-40-43-46-49-52-58(61)64-55-56(54-63-57(60)51-48-45-42-39-36-21-18-15-12-9-6-3)65-59(62)53-50-47-44-41-38-34-23-20-17-14-11-8-5-2/h8,11,15,17-18,20,26-27,34,38,44,47,56H,4-7,9-10,12-14,16,19,21-25,28-33,35-37,39-43,45-46,48-55H2,1-3H3/b11-8-,18-15-,20-17-,27-26-,38-34-,47-44-. The molecule has 0 fully saturated rings. The van der Waals surface area contributed by atoms with E-state index in [1.807, 2.05) is 12.2 Å². The summed E-state index contributed by atoms with van der Waals surface area (Å²) in [5.41, 5.74) is 0. The van der Waals surface area contributed by atoms with Gasteiger partial charge in [0.25, 0.3) is 0 Å². The molecule has 0 spiro atoms. The predicted octanol–water partition coefficient (Wildman–Crippen LogP) is 18.2. The highest BCUT2D eigenvalue weighted by atomic mass is 16.6. The van der Waals surface area contributed by atoms with E-state index in [0.717, 1.165) is 77.0 Å². The molecule has 6 nitrogen and oxygen atoms in total. The molecule has 0 aliphatic heterocycles. The van der Waals surface area contributed by atoms with Gasteiger partial charge >= 0.3 is 17.9 Å². The molecule has 0 aliphatic rings. The molecule has 374 valence electrons. The van der Waals surface area contributed by atoms with Gasteiger partial charge in [0.05, 0.1) is 0 Å². The highest BCUT2D eigenvalue weighted by Crippen LogP contribution is 2.15. The van der Waals surface area contributed by atoms with E-state index in [1.54, 1.807) is 0 Å². The van der Waals surface area contributed by atoms with Gasteiger partial charge < -0.3 is 14.2 Å². The summed E-state index contributed by atoms with van der Waals surface area (Å²) >= 11 is 0. The van der Waals surface area contributed by atoms with Crippen LogP contribution in [0.5, 0.6) is 0 Å². The summed E-state index contributed by atoms with van der Waals surface area (Å²) in [4.78, 5) is 37.9. The number of carbonyl (C=O) groups excluding carboxylic acids is 3. The van der Waals surface area contributed by atoms with Crippen LogP contribution in [0, 0.1) is 0 Å². The van der Waals surface area contributed by atoms with Crippen molar-refractivity contribution in [2.24, 2.45) is 0 Å². The molecule has 0 aliphatic carbocycles. The Morgan fingerprint density at radius 1 is 0.323 bits per heavy atom. The minimum absolute atomic E-state index is 0.106. The number of unbranched alkanes of at least 4 members (excludes halogenated alkanes) is 26. The van der Waals surface area contributed by atoms with E-state index in [0.29, 0.717) is 19.3 Å². The Balaban J connectivity index is 4.31. The monoisotopic (exact) mass is 907 g/mol. The highest BCUT2D eigenvalue weighted by Gasteiger charge is 2.19. The Bertz CT molecular complexity index is 1230. The topological polar surface area (TPSA) is 78.9 Å². The van der Waals surface area contributed by atoms with Crippen LogP contribution in [0.1, 0.15) is 265 Å². The van der Waals surface area contributed by atoms with Crippen molar-refractivity contribution in [3.8, 4) is 0 Å². The Kier molecular flexibility index (Phi) is 50.9. The van der Waals surface area contributed by atoms with Gasteiger partial charge in [-0.2, -0.15) is 0 Å². The van der Waals surface area contributed by atoms with Gasteiger partial charge in [-0.05, 0) is 89.9 Å². The van der Waals surface area contributed by atoms with E-state index in [2.05, 4.69) is 81.5 Å². The van der Waals surface area contributed by atoms with E-state index in [9.17, 15) is 14.4 Å². The fraction of sp³-hybridized carbons (Fsp3) is 0.746. The summed E-state index contributed by atoms with van der Waals surface area (Å²) in [5.74, 6) is -0.997. The number of ether oxygens (including phenoxy) is 3. The fourth-order valence-electron chi connectivity index (χ4n) is 7.55. The molecule has 0 aromatic carbocycles. The van der Waals surface area contributed by atoms with Gasteiger partial charge in [-0.1, -0.05) is 229 Å². The van der Waals surface area contributed by atoms with Crippen molar-refractivity contribution in [3.63, 3.8) is 0 Å². The zero-order chi connectivity index (χ0) is 47.2. The highest BCUT2D eigenvalue weighted by molar-refractivity contribution is 5.71. The lowest BCUT2D eigenvalue weighted by Gasteiger charge is -2.18.